The first kappa shape index (κ1) is 17.7. The van der Waals surface area contributed by atoms with E-state index in [1.54, 1.807) is 24.3 Å². The van der Waals surface area contributed by atoms with Crippen molar-refractivity contribution in [3.8, 4) is 5.75 Å². The molecular weight excluding hydrogens is 326 g/mol. The molecule has 0 fully saturated rings. The van der Waals surface area contributed by atoms with Crippen molar-refractivity contribution in [2.75, 3.05) is 11.9 Å². The van der Waals surface area contributed by atoms with Crippen LogP contribution in [0.5, 0.6) is 5.75 Å². The molecule has 4 heteroatoms. The van der Waals surface area contributed by atoms with Crippen molar-refractivity contribution in [1.82, 2.24) is 0 Å². The number of Topliss-reactive ketones (excluding diaryl/α,β-unsaturated/α-hetero) is 1. The quantitative estimate of drug-likeness (QED) is 0.622. The van der Waals surface area contributed by atoms with E-state index in [9.17, 15) is 9.59 Å². The predicted molar refractivity (Wildman–Crippen MR) is 104 cm³/mol. The molecule has 26 heavy (non-hydrogen) atoms. The van der Waals surface area contributed by atoms with Crippen LogP contribution in [0.3, 0.4) is 0 Å². The van der Waals surface area contributed by atoms with Gasteiger partial charge in [-0.1, -0.05) is 30.3 Å². The maximum absolute atomic E-state index is 12.2. The third kappa shape index (κ3) is 4.48. The van der Waals surface area contributed by atoms with Crippen LogP contribution in [0.2, 0.25) is 0 Å². The van der Waals surface area contributed by atoms with E-state index >= 15 is 0 Å². The largest absolute Gasteiger partial charge is 0.494 e. The summed E-state index contributed by atoms with van der Waals surface area (Å²) < 4.78 is 5.36. The number of anilines is 1. The third-order valence-corrected chi connectivity index (χ3v) is 4.10. The molecule has 0 atom stereocenters. The molecule has 0 aliphatic carbocycles. The molecule has 0 aliphatic rings. The van der Waals surface area contributed by atoms with Crippen LogP contribution in [0.15, 0.2) is 66.7 Å². The van der Waals surface area contributed by atoms with Gasteiger partial charge >= 0.3 is 0 Å². The number of hydrogen-bond acceptors (Lipinski definition) is 3. The molecule has 0 spiro atoms. The lowest BCUT2D eigenvalue weighted by atomic mass is 10.1. The summed E-state index contributed by atoms with van der Waals surface area (Å²) in [5.41, 5.74) is 1.33. The fraction of sp³-hybridized carbons (Fsp3) is 0.182. The Balaban J connectivity index is 1.54. The Morgan fingerprint density at radius 3 is 2.35 bits per heavy atom. The van der Waals surface area contributed by atoms with Crippen molar-refractivity contribution < 1.29 is 14.3 Å². The Morgan fingerprint density at radius 2 is 1.62 bits per heavy atom. The highest BCUT2D eigenvalue weighted by Gasteiger charge is 2.10. The number of fused-ring (bicyclic) bond motifs is 1. The Morgan fingerprint density at radius 1 is 0.885 bits per heavy atom. The van der Waals surface area contributed by atoms with E-state index in [0.29, 0.717) is 12.2 Å². The Hall–Kier alpha value is -3.14. The molecular formula is C22H21NO3. The van der Waals surface area contributed by atoms with Gasteiger partial charge in [-0.2, -0.15) is 0 Å². The second-order valence-corrected chi connectivity index (χ2v) is 5.99. The van der Waals surface area contributed by atoms with Gasteiger partial charge in [-0.05, 0) is 54.1 Å². The van der Waals surface area contributed by atoms with Gasteiger partial charge in [0.2, 0.25) is 5.91 Å². The number of ketones is 1. The number of nitrogens with one attached hydrogen (secondary N) is 1. The molecule has 4 nitrogen and oxygen atoms in total. The molecule has 0 unspecified atom stereocenters. The average Bonchev–Trinajstić information content (AvgIpc) is 2.67. The van der Waals surface area contributed by atoms with Crippen LogP contribution in [0.25, 0.3) is 10.8 Å². The summed E-state index contributed by atoms with van der Waals surface area (Å²) in [5.74, 6) is 0.513. The molecule has 132 valence electrons. The third-order valence-electron chi connectivity index (χ3n) is 4.10. The summed E-state index contributed by atoms with van der Waals surface area (Å²) in [4.78, 5) is 24.4. The fourth-order valence-corrected chi connectivity index (χ4v) is 2.77. The van der Waals surface area contributed by atoms with Gasteiger partial charge < -0.3 is 10.1 Å². The van der Waals surface area contributed by atoms with Gasteiger partial charge in [0.1, 0.15) is 5.75 Å². The average molecular weight is 347 g/mol. The highest BCUT2D eigenvalue weighted by molar-refractivity contribution is 6.00. The second kappa shape index (κ2) is 8.30. The Bertz CT molecular complexity index is 916. The smallest absolute Gasteiger partial charge is 0.224 e. The number of rotatable bonds is 7. The molecule has 0 saturated carbocycles. The van der Waals surface area contributed by atoms with Gasteiger partial charge in [-0.25, -0.2) is 0 Å². The van der Waals surface area contributed by atoms with Crippen LogP contribution in [-0.2, 0) is 4.79 Å². The Kier molecular flexibility index (Phi) is 5.64. The molecule has 3 aromatic rings. The lowest BCUT2D eigenvalue weighted by molar-refractivity contribution is -0.116. The van der Waals surface area contributed by atoms with Gasteiger partial charge in [0.25, 0.3) is 0 Å². The minimum atomic E-state index is -0.167. The van der Waals surface area contributed by atoms with Crippen molar-refractivity contribution >= 4 is 28.2 Å². The number of benzene rings is 3. The van der Waals surface area contributed by atoms with Crippen molar-refractivity contribution in [3.63, 3.8) is 0 Å². The first-order valence-electron chi connectivity index (χ1n) is 8.70. The van der Waals surface area contributed by atoms with Crippen LogP contribution in [-0.4, -0.2) is 18.3 Å². The zero-order valence-corrected chi connectivity index (χ0v) is 14.7. The predicted octanol–water partition coefficient (Wildman–Crippen LogP) is 4.84. The summed E-state index contributed by atoms with van der Waals surface area (Å²) in [6.07, 6.45) is 0.326. The zero-order chi connectivity index (χ0) is 18.4. The molecule has 1 N–H and O–H groups in total. The van der Waals surface area contributed by atoms with Crippen LogP contribution in [0.1, 0.15) is 30.1 Å². The van der Waals surface area contributed by atoms with Crippen LogP contribution in [0.4, 0.5) is 5.69 Å². The molecule has 1 amide bonds. The molecule has 0 aromatic heterocycles. The molecule has 0 heterocycles. The van der Waals surface area contributed by atoms with E-state index in [1.165, 1.54) is 0 Å². The number of amides is 1. The van der Waals surface area contributed by atoms with Crippen molar-refractivity contribution in [1.29, 1.82) is 0 Å². The maximum atomic E-state index is 12.2. The van der Waals surface area contributed by atoms with Crippen molar-refractivity contribution in [2.45, 2.75) is 19.8 Å². The summed E-state index contributed by atoms with van der Waals surface area (Å²) >= 11 is 0. The highest BCUT2D eigenvalue weighted by Crippen LogP contribution is 2.19. The van der Waals surface area contributed by atoms with Crippen LogP contribution < -0.4 is 10.1 Å². The van der Waals surface area contributed by atoms with Gasteiger partial charge in [0, 0.05) is 24.1 Å². The molecule has 0 aliphatic heterocycles. The SMILES string of the molecule is CCOc1ccc(C(=O)CCC(=O)Nc2ccc3ccccc3c2)cc1. The van der Waals surface area contributed by atoms with E-state index in [0.717, 1.165) is 22.2 Å². The second-order valence-electron chi connectivity index (χ2n) is 5.99. The van der Waals surface area contributed by atoms with Gasteiger partial charge in [0.05, 0.1) is 6.61 Å². The lowest BCUT2D eigenvalue weighted by Gasteiger charge is -2.07. The van der Waals surface area contributed by atoms with E-state index in [-0.39, 0.29) is 24.5 Å². The minimum Gasteiger partial charge on any atom is -0.494 e. The Labute approximate surface area is 152 Å². The van der Waals surface area contributed by atoms with E-state index < -0.39 is 0 Å². The first-order valence-corrected chi connectivity index (χ1v) is 8.70. The molecule has 3 aromatic carbocycles. The number of carbonyl (C=O) groups excluding carboxylic acids is 2. The van der Waals surface area contributed by atoms with Crippen LogP contribution >= 0.6 is 0 Å². The monoisotopic (exact) mass is 347 g/mol. The molecule has 0 radical (unpaired) electrons. The molecule has 0 bridgehead atoms. The topological polar surface area (TPSA) is 55.4 Å². The van der Waals surface area contributed by atoms with Gasteiger partial charge in [-0.15, -0.1) is 0 Å². The fourth-order valence-electron chi connectivity index (χ4n) is 2.77. The molecule has 0 saturated heterocycles. The summed E-state index contributed by atoms with van der Waals surface area (Å²) in [5, 5.41) is 5.04. The summed E-state index contributed by atoms with van der Waals surface area (Å²) in [6, 6.07) is 20.7. The van der Waals surface area contributed by atoms with Crippen molar-refractivity contribution in [3.05, 3.63) is 72.3 Å². The molecule has 3 rings (SSSR count). The summed E-state index contributed by atoms with van der Waals surface area (Å²) in [6.45, 7) is 2.50. The number of hydrogen-bond donors (Lipinski definition) is 1. The van der Waals surface area contributed by atoms with Gasteiger partial charge in [0.15, 0.2) is 5.78 Å². The standard InChI is InChI=1S/C22H21NO3/c1-2-26-20-11-8-17(9-12-20)21(24)13-14-22(25)23-19-10-7-16-5-3-4-6-18(16)15-19/h3-12,15H,2,13-14H2,1H3,(H,23,25). The van der Waals surface area contributed by atoms with Crippen LogP contribution in [0, 0.1) is 0 Å². The normalized spacial score (nSPS) is 10.5. The van der Waals surface area contributed by atoms with Crippen molar-refractivity contribution in [2.24, 2.45) is 0 Å². The number of ether oxygens (including phenoxy) is 1. The number of carbonyl (C=O) groups is 2. The van der Waals surface area contributed by atoms with E-state index in [4.69, 9.17) is 4.74 Å². The van der Waals surface area contributed by atoms with E-state index in [1.807, 2.05) is 49.4 Å². The maximum Gasteiger partial charge on any atom is 0.224 e. The van der Waals surface area contributed by atoms with E-state index in [2.05, 4.69) is 5.32 Å². The van der Waals surface area contributed by atoms with Gasteiger partial charge in [-0.3, -0.25) is 9.59 Å². The summed E-state index contributed by atoms with van der Waals surface area (Å²) in [7, 11) is 0. The zero-order valence-electron chi connectivity index (χ0n) is 14.7. The first-order chi connectivity index (χ1) is 12.7. The highest BCUT2D eigenvalue weighted by atomic mass is 16.5. The minimum absolute atomic E-state index is 0.0540. The lowest BCUT2D eigenvalue weighted by Crippen LogP contribution is -2.13.